The number of carboxylic acid groups (broad SMARTS) is 1. The maximum Gasteiger partial charge on any atom is 0.490 e. The fraction of sp³-hybridized carbons (Fsp3) is 0.579. The van der Waals surface area contributed by atoms with Crippen LogP contribution in [-0.2, 0) is 27.4 Å². The lowest BCUT2D eigenvalue weighted by atomic mass is 10.0. The van der Waals surface area contributed by atoms with E-state index in [4.69, 9.17) is 23.8 Å². The van der Waals surface area contributed by atoms with Crippen molar-refractivity contribution in [3.63, 3.8) is 0 Å². The Kier molecular flexibility index (Phi) is 7.87. The molecular weight excluding hydrogens is 425 g/mol. The van der Waals surface area contributed by atoms with Crippen LogP contribution in [-0.4, -0.2) is 59.0 Å². The van der Waals surface area contributed by atoms with E-state index in [0.717, 1.165) is 37.1 Å². The van der Waals surface area contributed by atoms with Crippen LogP contribution in [0.25, 0.3) is 0 Å². The number of carbonyl (C=O) groups is 1. The lowest BCUT2D eigenvalue weighted by molar-refractivity contribution is -0.192. The molecule has 1 saturated carbocycles. The Morgan fingerprint density at radius 1 is 1.40 bits per heavy atom. The molecule has 4 rings (SSSR count). The molecule has 0 amide bonds. The van der Waals surface area contributed by atoms with Crippen molar-refractivity contribution < 1.29 is 37.0 Å². The van der Waals surface area contributed by atoms with Crippen LogP contribution in [0.5, 0.6) is 0 Å². The van der Waals surface area contributed by atoms with Gasteiger partial charge in [-0.2, -0.15) is 13.2 Å². The molecule has 1 N–H and O–H groups in total. The number of morpholine rings is 1. The minimum atomic E-state index is -5.08. The van der Waals surface area contributed by atoms with Gasteiger partial charge < -0.3 is 19.0 Å². The van der Waals surface area contributed by atoms with Crippen molar-refractivity contribution in [3.05, 3.63) is 40.7 Å². The van der Waals surface area contributed by atoms with Crippen LogP contribution in [0.15, 0.2) is 34.4 Å². The minimum Gasteiger partial charge on any atom is -0.475 e. The smallest absolute Gasteiger partial charge is 0.475 e. The summed E-state index contributed by atoms with van der Waals surface area (Å²) in [5, 5.41) is 10.2. The highest BCUT2D eigenvalue weighted by Gasteiger charge is 2.42. The molecule has 3 unspecified atom stereocenters. The molecule has 1 aliphatic heterocycles. The Morgan fingerprint density at radius 2 is 2.20 bits per heavy atom. The molecule has 0 spiro atoms. The van der Waals surface area contributed by atoms with Crippen molar-refractivity contribution in [2.45, 2.75) is 44.3 Å². The molecule has 2 aliphatic rings. The monoisotopic (exact) mass is 448 g/mol. The van der Waals surface area contributed by atoms with E-state index in [-0.39, 0.29) is 6.10 Å². The van der Waals surface area contributed by atoms with Gasteiger partial charge >= 0.3 is 12.1 Å². The number of aromatic nitrogens is 1. The summed E-state index contributed by atoms with van der Waals surface area (Å²) in [5.74, 6) is -1.24. The van der Waals surface area contributed by atoms with Gasteiger partial charge in [0.2, 0.25) is 0 Å². The molecule has 2 aromatic rings. The quantitative estimate of drug-likeness (QED) is 0.723. The van der Waals surface area contributed by atoms with Crippen LogP contribution in [0.3, 0.4) is 0 Å². The highest BCUT2D eigenvalue weighted by molar-refractivity contribution is 7.09. The van der Waals surface area contributed by atoms with E-state index in [1.807, 2.05) is 23.7 Å². The van der Waals surface area contributed by atoms with E-state index in [9.17, 15) is 13.2 Å². The molecule has 30 heavy (non-hydrogen) atoms. The number of thiazole rings is 1. The van der Waals surface area contributed by atoms with E-state index < -0.39 is 12.1 Å². The average Bonchev–Trinajstić information content (AvgIpc) is 3.44. The molecule has 2 aromatic heterocycles. The summed E-state index contributed by atoms with van der Waals surface area (Å²) >= 11 is 1.64. The van der Waals surface area contributed by atoms with Gasteiger partial charge in [-0.25, -0.2) is 9.78 Å². The van der Waals surface area contributed by atoms with Crippen molar-refractivity contribution >= 4 is 17.3 Å². The van der Waals surface area contributed by atoms with Crippen LogP contribution in [0.2, 0.25) is 0 Å². The zero-order chi connectivity index (χ0) is 21.6. The second-order valence-electron chi connectivity index (χ2n) is 7.03. The van der Waals surface area contributed by atoms with Gasteiger partial charge in [-0.3, -0.25) is 4.90 Å². The first kappa shape index (κ1) is 22.7. The SMILES string of the molecule is O=C(O)C(F)(F)F.c1coc(CN2CCOC3C(COCc4nccs4)CCC32)c1. The second-order valence-corrected chi connectivity index (χ2v) is 8.01. The van der Waals surface area contributed by atoms with Crippen LogP contribution in [0.4, 0.5) is 13.2 Å². The summed E-state index contributed by atoms with van der Waals surface area (Å²) in [6.07, 6.45) is 1.12. The predicted molar refractivity (Wildman–Crippen MR) is 101 cm³/mol. The standard InChI is InChI=1S/C17H22N2O3S.C2HF3O2/c1-2-14(21-7-1)10-19-6-8-22-17-13(3-4-15(17)19)11-20-12-16-18-5-9-23-16;3-2(4,5)1(6)7/h1-2,5,7,9,13,15,17H,3-4,6,8,10-12H2;(H,6,7). The van der Waals surface area contributed by atoms with Crippen molar-refractivity contribution in [1.82, 2.24) is 9.88 Å². The lowest BCUT2D eigenvalue weighted by Crippen LogP contribution is -2.50. The number of carboxylic acids is 1. The maximum atomic E-state index is 10.6. The first-order valence-corrected chi connectivity index (χ1v) is 10.4. The fourth-order valence-electron chi connectivity index (χ4n) is 3.74. The lowest BCUT2D eigenvalue weighted by Gasteiger charge is -2.38. The van der Waals surface area contributed by atoms with Crippen LogP contribution in [0.1, 0.15) is 23.6 Å². The number of furan rings is 1. The van der Waals surface area contributed by atoms with E-state index in [2.05, 4.69) is 9.88 Å². The highest BCUT2D eigenvalue weighted by atomic mass is 32.1. The Bertz CT molecular complexity index is 770. The Labute approximate surface area is 175 Å². The summed E-state index contributed by atoms with van der Waals surface area (Å²) in [5.41, 5.74) is 0. The molecule has 0 radical (unpaired) electrons. The number of hydrogen-bond acceptors (Lipinski definition) is 7. The van der Waals surface area contributed by atoms with Gasteiger partial charge in [0.05, 0.1) is 38.7 Å². The van der Waals surface area contributed by atoms with Crippen molar-refractivity contribution in [2.24, 2.45) is 5.92 Å². The molecule has 166 valence electrons. The van der Waals surface area contributed by atoms with Gasteiger partial charge in [0, 0.05) is 30.1 Å². The van der Waals surface area contributed by atoms with Gasteiger partial charge in [-0.15, -0.1) is 11.3 Å². The number of halogens is 3. The Hall–Kier alpha value is -1.95. The van der Waals surface area contributed by atoms with Crippen LogP contribution in [0, 0.1) is 5.92 Å². The first-order valence-electron chi connectivity index (χ1n) is 9.49. The summed E-state index contributed by atoms with van der Waals surface area (Å²) in [6.45, 7) is 4.03. The van der Waals surface area contributed by atoms with E-state index in [1.54, 1.807) is 17.6 Å². The second kappa shape index (κ2) is 10.4. The van der Waals surface area contributed by atoms with Crippen molar-refractivity contribution in [2.75, 3.05) is 19.8 Å². The normalized spacial score (nSPS) is 24.2. The number of ether oxygens (including phenoxy) is 2. The third-order valence-corrected chi connectivity index (χ3v) is 5.81. The third-order valence-electron chi connectivity index (χ3n) is 5.06. The fourth-order valence-corrected chi connectivity index (χ4v) is 4.29. The number of hydrogen-bond donors (Lipinski definition) is 1. The number of rotatable bonds is 6. The van der Waals surface area contributed by atoms with Crippen LogP contribution >= 0.6 is 11.3 Å². The van der Waals surface area contributed by atoms with Crippen LogP contribution < -0.4 is 0 Å². The third kappa shape index (κ3) is 6.27. The van der Waals surface area contributed by atoms with Gasteiger partial charge in [0.25, 0.3) is 0 Å². The molecule has 0 aromatic carbocycles. The van der Waals surface area contributed by atoms with Gasteiger partial charge in [0.15, 0.2) is 0 Å². The van der Waals surface area contributed by atoms with E-state index in [1.165, 1.54) is 12.8 Å². The number of aliphatic carboxylic acids is 1. The minimum absolute atomic E-state index is 0.287. The Balaban J connectivity index is 0.000000318. The molecule has 1 saturated heterocycles. The Morgan fingerprint density at radius 3 is 2.83 bits per heavy atom. The van der Waals surface area contributed by atoms with Crippen molar-refractivity contribution in [3.8, 4) is 0 Å². The summed E-state index contributed by atoms with van der Waals surface area (Å²) in [4.78, 5) is 15.7. The summed E-state index contributed by atoms with van der Waals surface area (Å²) in [7, 11) is 0. The van der Waals surface area contributed by atoms with Gasteiger partial charge in [-0.1, -0.05) is 0 Å². The van der Waals surface area contributed by atoms with E-state index in [0.29, 0.717) is 18.6 Å². The molecule has 3 heterocycles. The topological polar surface area (TPSA) is 85.0 Å². The van der Waals surface area contributed by atoms with Gasteiger partial charge in [-0.05, 0) is 25.0 Å². The summed E-state index contributed by atoms with van der Waals surface area (Å²) in [6, 6.07) is 4.49. The highest BCUT2D eigenvalue weighted by Crippen LogP contribution is 2.35. The number of fused-ring (bicyclic) bond motifs is 1. The average molecular weight is 448 g/mol. The zero-order valence-corrected chi connectivity index (χ0v) is 16.9. The number of nitrogens with zero attached hydrogens (tertiary/aromatic N) is 2. The molecule has 0 bridgehead atoms. The van der Waals surface area contributed by atoms with Crippen molar-refractivity contribution in [1.29, 1.82) is 0 Å². The molecule has 7 nitrogen and oxygen atoms in total. The largest absolute Gasteiger partial charge is 0.490 e. The zero-order valence-electron chi connectivity index (χ0n) is 16.1. The molecular formula is C19H23F3N2O5S. The first-order chi connectivity index (χ1) is 14.3. The van der Waals surface area contributed by atoms with Gasteiger partial charge in [0.1, 0.15) is 10.8 Å². The molecule has 11 heteroatoms. The molecule has 1 aliphatic carbocycles. The summed E-state index contributed by atoms with van der Waals surface area (Å²) < 4.78 is 49.2. The predicted octanol–water partition coefficient (Wildman–Crippen LogP) is 3.57. The molecule has 3 atom stereocenters. The molecule has 2 fully saturated rings. The maximum absolute atomic E-state index is 10.6. The van der Waals surface area contributed by atoms with E-state index >= 15 is 0 Å². The number of alkyl halides is 3.